The SMILES string of the molecule is Clc1ccccc1C1=NCc2nnc(Cc3ccccc3)n2-c2sc3c(c21)CCNC3. The first-order valence-electron chi connectivity index (χ1n) is 10.4. The second-order valence-electron chi connectivity index (χ2n) is 7.79. The molecule has 1 N–H and O–H groups in total. The number of nitrogens with zero attached hydrogens (tertiary/aromatic N) is 4. The zero-order valence-electron chi connectivity index (χ0n) is 16.8. The summed E-state index contributed by atoms with van der Waals surface area (Å²) in [5.74, 6) is 1.82. The lowest BCUT2D eigenvalue weighted by molar-refractivity contribution is 0.654. The quantitative estimate of drug-likeness (QED) is 0.502. The fraction of sp³-hybridized carbons (Fsp3) is 0.208. The predicted molar refractivity (Wildman–Crippen MR) is 125 cm³/mol. The highest BCUT2D eigenvalue weighted by atomic mass is 35.5. The molecule has 4 heterocycles. The van der Waals surface area contributed by atoms with Crippen LogP contribution in [0.5, 0.6) is 0 Å². The van der Waals surface area contributed by atoms with Gasteiger partial charge in [0.15, 0.2) is 5.82 Å². The topological polar surface area (TPSA) is 55.1 Å². The molecule has 0 unspecified atom stereocenters. The summed E-state index contributed by atoms with van der Waals surface area (Å²) in [6.07, 6.45) is 1.71. The van der Waals surface area contributed by atoms with E-state index in [4.69, 9.17) is 16.6 Å². The van der Waals surface area contributed by atoms with E-state index in [0.717, 1.165) is 58.9 Å². The van der Waals surface area contributed by atoms with Crippen molar-refractivity contribution >= 4 is 28.6 Å². The second kappa shape index (κ2) is 7.71. The van der Waals surface area contributed by atoms with Crippen molar-refractivity contribution < 1.29 is 0 Å². The van der Waals surface area contributed by atoms with E-state index < -0.39 is 0 Å². The molecule has 2 aliphatic heterocycles. The van der Waals surface area contributed by atoms with Crippen LogP contribution < -0.4 is 5.32 Å². The van der Waals surface area contributed by atoms with Gasteiger partial charge in [-0.3, -0.25) is 9.56 Å². The van der Waals surface area contributed by atoms with Gasteiger partial charge < -0.3 is 5.32 Å². The fourth-order valence-corrected chi connectivity index (χ4v) is 5.99. The number of fused-ring (bicyclic) bond motifs is 5. The van der Waals surface area contributed by atoms with Gasteiger partial charge in [-0.1, -0.05) is 60.1 Å². The molecule has 0 bridgehead atoms. The van der Waals surface area contributed by atoms with E-state index in [1.807, 2.05) is 35.6 Å². The maximum atomic E-state index is 6.63. The molecule has 2 aromatic heterocycles. The van der Waals surface area contributed by atoms with Gasteiger partial charge in [0.05, 0.1) is 5.71 Å². The monoisotopic (exact) mass is 445 g/mol. The van der Waals surface area contributed by atoms with Crippen LogP contribution >= 0.6 is 22.9 Å². The van der Waals surface area contributed by atoms with Gasteiger partial charge in [0.1, 0.15) is 17.4 Å². The zero-order chi connectivity index (χ0) is 20.8. The van der Waals surface area contributed by atoms with E-state index in [9.17, 15) is 0 Å². The summed E-state index contributed by atoms with van der Waals surface area (Å²) in [6, 6.07) is 18.4. The molecule has 0 amide bonds. The molecule has 5 nitrogen and oxygen atoms in total. The molecule has 0 atom stereocenters. The number of hydrogen-bond acceptors (Lipinski definition) is 5. The molecule has 0 aliphatic carbocycles. The van der Waals surface area contributed by atoms with Crippen LogP contribution in [0.3, 0.4) is 0 Å². The molecule has 2 aliphatic rings. The number of aliphatic imine (C=N–C) groups is 1. The van der Waals surface area contributed by atoms with Crippen LogP contribution in [0.15, 0.2) is 59.6 Å². The Labute approximate surface area is 189 Å². The maximum Gasteiger partial charge on any atom is 0.160 e. The average Bonchev–Trinajstić information content (AvgIpc) is 3.32. The summed E-state index contributed by atoms with van der Waals surface area (Å²) in [4.78, 5) is 6.40. The molecule has 6 rings (SSSR count). The lowest BCUT2D eigenvalue weighted by Crippen LogP contribution is -2.23. The Balaban J connectivity index is 1.56. The molecular formula is C24H20ClN5S. The number of nitrogens with one attached hydrogen (secondary N) is 1. The van der Waals surface area contributed by atoms with Crippen molar-refractivity contribution in [2.24, 2.45) is 4.99 Å². The van der Waals surface area contributed by atoms with Gasteiger partial charge in [0.2, 0.25) is 0 Å². The molecule has 4 aromatic rings. The van der Waals surface area contributed by atoms with Crippen LogP contribution in [0, 0.1) is 0 Å². The molecule has 31 heavy (non-hydrogen) atoms. The van der Waals surface area contributed by atoms with Crippen molar-refractivity contribution in [1.82, 2.24) is 20.1 Å². The van der Waals surface area contributed by atoms with Crippen LogP contribution in [-0.2, 0) is 25.9 Å². The Bertz CT molecular complexity index is 1310. The Hall–Kier alpha value is -2.80. The summed E-state index contributed by atoms with van der Waals surface area (Å²) in [5.41, 5.74) is 5.75. The molecule has 0 fully saturated rings. The number of thiophene rings is 1. The maximum absolute atomic E-state index is 6.63. The van der Waals surface area contributed by atoms with Crippen molar-refractivity contribution in [2.75, 3.05) is 6.54 Å². The molecule has 0 saturated heterocycles. The highest BCUT2D eigenvalue weighted by Gasteiger charge is 2.31. The molecule has 7 heteroatoms. The first kappa shape index (κ1) is 18.9. The van der Waals surface area contributed by atoms with E-state index in [1.165, 1.54) is 21.6 Å². The van der Waals surface area contributed by atoms with Gasteiger partial charge in [-0.15, -0.1) is 21.5 Å². The van der Waals surface area contributed by atoms with Crippen molar-refractivity contribution in [3.8, 4) is 5.00 Å². The van der Waals surface area contributed by atoms with Gasteiger partial charge in [0.25, 0.3) is 0 Å². The Kier molecular flexibility index (Phi) is 4.71. The third kappa shape index (κ3) is 3.22. The van der Waals surface area contributed by atoms with Gasteiger partial charge in [-0.05, 0) is 30.2 Å². The predicted octanol–water partition coefficient (Wildman–Crippen LogP) is 4.57. The van der Waals surface area contributed by atoms with E-state index in [1.54, 1.807) is 0 Å². The molecule has 2 aromatic carbocycles. The number of hydrogen-bond donors (Lipinski definition) is 1. The molecular weight excluding hydrogens is 426 g/mol. The molecule has 0 radical (unpaired) electrons. The van der Waals surface area contributed by atoms with Crippen molar-refractivity contribution in [3.63, 3.8) is 0 Å². The van der Waals surface area contributed by atoms with Gasteiger partial charge in [-0.25, -0.2) is 0 Å². The van der Waals surface area contributed by atoms with Gasteiger partial charge in [-0.2, -0.15) is 0 Å². The lowest BCUT2D eigenvalue weighted by atomic mass is 9.96. The normalized spacial score (nSPS) is 14.9. The third-order valence-corrected chi connectivity index (χ3v) is 7.41. The Morgan fingerprint density at radius 1 is 1.03 bits per heavy atom. The summed E-state index contributed by atoms with van der Waals surface area (Å²) in [5, 5.41) is 14.5. The second-order valence-corrected chi connectivity index (χ2v) is 9.28. The standard InChI is InChI=1S/C24H20ClN5S/c25-18-9-5-4-8-16(18)23-22-17-10-11-26-13-19(17)31-24(22)30-20(28-29-21(30)14-27-23)12-15-6-2-1-3-7-15/h1-9,26H,10-14H2. The van der Waals surface area contributed by atoms with Crippen molar-refractivity contribution in [1.29, 1.82) is 0 Å². The van der Waals surface area contributed by atoms with Gasteiger partial charge in [0, 0.05) is 34.0 Å². The summed E-state index contributed by atoms with van der Waals surface area (Å²) in [6.45, 7) is 2.34. The van der Waals surface area contributed by atoms with Crippen LogP contribution in [0.25, 0.3) is 5.00 Å². The third-order valence-electron chi connectivity index (χ3n) is 5.86. The number of benzene rings is 2. The first-order valence-corrected chi connectivity index (χ1v) is 11.6. The van der Waals surface area contributed by atoms with Gasteiger partial charge >= 0.3 is 0 Å². The molecule has 0 saturated carbocycles. The lowest BCUT2D eigenvalue weighted by Gasteiger charge is -2.16. The van der Waals surface area contributed by atoms with Crippen molar-refractivity contribution in [2.45, 2.75) is 25.9 Å². The number of aromatic nitrogens is 3. The average molecular weight is 446 g/mol. The largest absolute Gasteiger partial charge is 0.312 e. The fourth-order valence-electron chi connectivity index (χ4n) is 4.41. The van der Waals surface area contributed by atoms with Crippen LogP contribution in [0.2, 0.25) is 5.02 Å². The van der Waals surface area contributed by atoms with Crippen LogP contribution in [0.4, 0.5) is 0 Å². The number of halogens is 1. The first-order chi connectivity index (χ1) is 15.3. The van der Waals surface area contributed by atoms with E-state index in [2.05, 4.69) is 50.4 Å². The Morgan fingerprint density at radius 2 is 1.87 bits per heavy atom. The Morgan fingerprint density at radius 3 is 2.74 bits per heavy atom. The van der Waals surface area contributed by atoms with E-state index in [-0.39, 0.29) is 0 Å². The minimum absolute atomic E-state index is 0.483. The zero-order valence-corrected chi connectivity index (χ0v) is 18.4. The smallest absolute Gasteiger partial charge is 0.160 e. The molecule has 0 spiro atoms. The van der Waals surface area contributed by atoms with Crippen LogP contribution in [0.1, 0.15) is 38.8 Å². The minimum Gasteiger partial charge on any atom is -0.312 e. The molecule has 154 valence electrons. The van der Waals surface area contributed by atoms with E-state index in [0.29, 0.717) is 6.54 Å². The summed E-state index contributed by atoms with van der Waals surface area (Å²) >= 11 is 8.45. The highest BCUT2D eigenvalue weighted by Crippen LogP contribution is 2.39. The summed E-state index contributed by atoms with van der Waals surface area (Å²) in [7, 11) is 0. The minimum atomic E-state index is 0.483. The highest BCUT2D eigenvalue weighted by molar-refractivity contribution is 7.15. The summed E-state index contributed by atoms with van der Waals surface area (Å²) < 4.78 is 2.23. The van der Waals surface area contributed by atoms with Crippen LogP contribution in [-0.4, -0.2) is 27.0 Å². The van der Waals surface area contributed by atoms with Crippen molar-refractivity contribution in [3.05, 3.63) is 98.4 Å². The number of rotatable bonds is 3. The van der Waals surface area contributed by atoms with E-state index >= 15 is 0 Å².